The Morgan fingerprint density at radius 1 is 1.06 bits per heavy atom. The van der Waals surface area contributed by atoms with E-state index in [1.165, 1.54) is 7.11 Å². The van der Waals surface area contributed by atoms with Gasteiger partial charge in [-0.1, -0.05) is 6.92 Å². The summed E-state index contributed by atoms with van der Waals surface area (Å²) in [6.07, 6.45) is 3.86. The molecule has 6 heteroatoms. The van der Waals surface area contributed by atoms with Crippen molar-refractivity contribution in [2.24, 2.45) is 11.8 Å². The van der Waals surface area contributed by atoms with Gasteiger partial charge in [0.1, 0.15) is 11.2 Å². The van der Waals surface area contributed by atoms with Gasteiger partial charge in [-0.25, -0.2) is 4.79 Å². The van der Waals surface area contributed by atoms with Gasteiger partial charge in [-0.2, -0.15) is 0 Å². The van der Waals surface area contributed by atoms with Crippen molar-refractivity contribution < 1.29 is 18.7 Å². The SMILES string of the molecule is COC(=O)c1cc2oc3ccc(N)cc3c2cc1N(C(=O)C1CCC(C)CC1)C(C)C. The number of fused-ring (bicyclic) bond motifs is 3. The fraction of sp³-hybridized carbons (Fsp3) is 0.440. The van der Waals surface area contributed by atoms with Crippen LogP contribution in [0.15, 0.2) is 34.7 Å². The van der Waals surface area contributed by atoms with Crippen LogP contribution in [-0.2, 0) is 9.53 Å². The molecule has 0 aliphatic heterocycles. The minimum absolute atomic E-state index is 0.0310. The molecule has 2 aromatic carbocycles. The molecular weight excluding hydrogens is 392 g/mol. The van der Waals surface area contributed by atoms with Gasteiger partial charge in [-0.15, -0.1) is 0 Å². The predicted octanol–water partition coefficient (Wildman–Crippen LogP) is 5.52. The number of carbonyl (C=O) groups excluding carboxylic acids is 2. The van der Waals surface area contributed by atoms with Crippen molar-refractivity contribution in [3.63, 3.8) is 0 Å². The molecule has 0 saturated heterocycles. The van der Waals surface area contributed by atoms with Gasteiger partial charge in [0.2, 0.25) is 5.91 Å². The quantitative estimate of drug-likeness (QED) is 0.442. The summed E-state index contributed by atoms with van der Waals surface area (Å²) in [6.45, 7) is 6.18. The predicted molar refractivity (Wildman–Crippen MR) is 123 cm³/mol. The molecule has 164 valence electrons. The Kier molecular flexibility index (Phi) is 5.65. The molecule has 1 fully saturated rings. The van der Waals surface area contributed by atoms with E-state index < -0.39 is 5.97 Å². The van der Waals surface area contributed by atoms with Gasteiger partial charge in [-0.05, 0) is 75.8 Å². The van der Waals surface area contributed by atoms with E-state index in [-0.39, 0.29) is 17.9 Å². The molecule has 0 spiro atoms. The average Bonchev–Trinajstić information content (AvgIpc) is 3.09. The third kappa shape index (κ3) is 3.87. The number of hydrogen-bond donors (Lipinski definition) is 1. The van der Waals surface area contributed by atoms with E-state index in [0.717, 1.165) is 36.5 Å². The molecule has 3 aromatic rings. The van der Waals surface area contributed by atoms with Crippen LogP contribution in [-0.4, -0.2) is 25.0 Å². The zero-order chi connectivity index (χ0) is 22.3. The van der Waals surface area contributed by atoms with Crippen LogP contribution in [0.4, 0.5) is 11.4 Å². The first kappa shape index (κ1) is 21.2. The van der Waals surface area contributed by atoms with E-state index in [9.17, 15) is 9.59 Å². The molecule has 0 bridgehead atoms. The van der Waals surface area contributed by atoms with Crippen molar-refractivity contribution in [3.8, 4) is 0 Å². The molecule has 0 unspecified atom stereocenters. The number of nitrogens with two attached hydrogens (primary N) is 1. The number of hydrogen-bond acceptors (Lipinski definition) is 5. The highest BCUT2D eigenvalue weighted by Gasteiger charge is 2.33. The Balaban J connectivity index is 1.88. The number of rotatable bonds is 4. The standard InChI is InChI=1S/C25H30N2O4/c1-14(2)27(24(28)16-7-5-15(3)6-8-16)21-12-19-18-11-17(26)9-10-22(18)31-23(19)13-20(21)25(29)30-4/h9-16H,5-8,26H2,1-4H3. The summed E-state index contributed by atoms with van der Waals surface area (Å²) in [4.78, 5) is 28.1. The first-order valence-electron chi connectivity index (χ1n) is 11.0. The number of nitrogens with zero attached hydrogens (tertiary/aromatic N) is 1. The van der Waals surface area contributed by atoms with Gasteiger partial charge >= 0.3 is 5.97 Å². The summed E-state index contributed by atoms with van der Waals surface area (Å²) in [5.41, 5.74) is 8.75. The van der Waals surface area contributed by atoms with E-state index in [2.05, 4.69) is 6.92 Å². The monoisotopic (exact) mass is 422 g/mol. The number of methoxy groups -OCH3 is 1. The minimum Gasteiger partial charge on any atom is -0.465 e. The normalized spacial score (nSPS) is 19.1. The van der Waals surface area contributed by atoms with Crippen molar-refractivity contribution in [1.82, 2.24) is 0 Å². The fourth-order valence-corrected chi connectivity index (χ4v) is 4.66. The molecule has 0 atom stereocenters. The number of amides is 1. The fourth-order valence-electron chi connectivity index (χ4n) is 4.66. The number of ether oxygens (including phenoxy) is 1. The topological polar surface area (TPSA) is 85.8 Å². The first-order valence-corrected chi connectivity index (χ1v) is 11.0. The van der Waals surface area contributed by atoms with Crippen LogP contribution in [0.25, 0.3) is 21.9 Å². The highest BCUT2D eigenvalue weighted by atomic mass is 16.5. The van der Waals surface area contributed by atoms with E-state index in [0.29, 0.717) is 34.0 Å². The first-order chi connectivity index (χ1) is 14.8. The van der Waals surface area contributed by atoms with Gasteiger partial charge in [-0.3, -0.25) is 4.79 Å². The summed E-state index contributed by atoms with van der Waals surface area (Å²) in [5.74, 6) is 0.198. The molecule has 1 amide bonds. The lowest BCUT2D eigenvalue weighted by Crippen LogP contribution is -2.43. The van der Waals surface area contributed by atoms with E-state index in [1.54, 1.807) is 17.0 Å². The zero-order valence-electron chi connectivity index (χ0n) is 18.6. The zero-order valence-corrected chi connectivity index (χ0v) is 18.6. The molecule has 6 nitrogen and oxygen atoms in total. The number of benzene rings is 2. The Labute approximate surface area is 182 Å². The summed E-state index contributed by atoms with van der Waals surface area (Å²) in [6, 6.07) is 8.88. The number of esters is 1. The second-order valence-corrected chi connectivity index (χ2v) is 8.97. The van der Waals surface area contributed by atoms with Crippen LogP contribution in [0.1, 0.15) is 56.8 Å². The highest BCUT2D eigenvalue weighted by molar-refractivity contribution is 6.13. The van der Waals surface area contributed by atoms with E-state index in [4.69, 9.17) is 14.9 Å². The Bertz CT molecular complexity index is 1140. The van der Waals surface area contributed by atoms with E-state index in [1.807, 2.05) is 32.0 Å². The lowest BCUT2D eigenvalue weighted by atomic mass is 9.82. The highest BCUT2D eigenvalue weighted by Crippen LogP contribution is 2.38. The molecule has 1 saturated carbocycles. The molecule has 4 rings (SSSR count). The Morgan fingerprint density at radius 2 is 1.74 bits per heavy atom. The molecular formula is C25H30N2O4. The van der Waals surface area contributed by atoms with Crippen LogP contribution in [0.5, 0.6) is 0 Å². The largest absolute Gasteiger partial charge is 0.465 e. The lowest BCUT2D eigenvalue weighted by Gasteiger charge is -2.34. The second kappa shape index (κ2) is 8.25. The maximum atomic E-state index is 13.6. The minimum atomic E-state index is -0.493. The summed E-state index contributed by atoms with van der Waals surface area (Å²) in [5, 5.41) is 1.68. The Hall–Kier alpha value is -3.02. The smallest absolute Gasteiger partial charge is 0.340 e. The number of furan rings is 1. The van der Waals surface area contributed by atoms with Crippen LogP contribution < -0.4 is 10.6 Å². The summed E-state index contributed by atoms with van der Waals surface area (Å²) in [7, 11) is 1.35. The molecule has 1 aliphatic rings. The number of anilines is 2. The Morgan fingerprint density at radius 3 is 2.39 bits per heavy atom. The van der Waals surface area contributed by atoms with Crippen LogP contribution in [0, 0.1) is 11.8 Å². The lowest BCUT2D eigenvalue weighted by molar-refractivity contribution is -0.123. The third-order valence-electron chi connectivity index (χ3n) is 6.40. The number of carbonyl (C=O) groups is 2. The van der Waals surface area contributed by atoms with Crippen molar-refractivity contribution >= 4 is 45.2 Å². The van der Waals surface area contributed by atoms with Crippen molar-refractivity contribution in [3.05, 3.63) is 35.9 Å². The molecule has 31 heavy (non-hydrogen) atoms. The van der Waals surface area contributed by atoms with Crippen LogP contribution >= 0.6 is 0 Å². The van der Waals surface area contributed by atoms with Crippen LogP contribution in [0.3, 0.4) is 0 Å². The molecule has 1 aromatic heterocycles. The van der Waals surface area contributed by atoms with Gasteiger partial charge in [0.15, 0.2) is 0 Å². The van der Waals surface area contributed by atoms with Crippen LogP contribution in [0.2, 0.25) is 0 Å². The molecule has 2 N–H and O–H groups in total. The van der Waals surface area contributed by atoms with E-state index >= 15 is 0 Å². The maximum Gasteiger partial charge on any atom is 0.340 e. The summed E-state index contributed by atoms with van der Waals surface area (Å²) >= 11 is 0. The van der Waals surface area contributed by atoms with Gasteiger partial charge in [0, 0.05) is 28.4 Å². The van der Waals surface area contributed by atoms with Crippen molar-refractivity contribution in [2.45, 2.75) is 52.5 Å². The third-order valence-corrected chi connectivity index (χ3v) is 6.40. The second-order valence-electron chi connectivity index (χ2n) is 8.97. The number of nitrogen functional groups attached to an aromatic ring is 1. The molecule has 0 radical (unpaired) electrons. The van der Waals surface area contributed by atoms with Gasteiger partial charge in [0.25, 0.3) is 0 Å². The average molecular weight is 423 g/mol. The van der Waals surface area contributed by atoms with Gasteiger partial charge < -0.3 is 19.8 Å². The van der Waals surface area contributed by atoms with Crippen molar-refractivity contribution in [2.75, 3.05) is 17.7 Å². The summed E-state index contributed by atoms with van der Waals surface area (Å²) < 4.78 is 11.0. The maximum absolute atomic E-state index is 13.6. The van der Waals surface area contributed by atoms with Crippen molar-refractivity contribution in [1.29, 1.82) is 0 Å². The van der Waals surface area contributed by atoms with Gasteiger partial charge in [0.05, 0.1) is 18.4 Å². The molecule has 1 heterocycles. The molecule has 1 aliphatic carbocycles.